The number of esters is 2. The third kappa shape index (κ3) is 1.84. The molecule has 0 spiro atoms. The van der Waals surface area contributed by atoms with Crippen molar-refractivity contribution in [3.05, 3.63) is 35.5 Å². The van der Waals surface area contributed by atoms with E-state index in [4.69, 9.17) is 4.74 Å². The zero-order valence-electron chi connectivity index (χ0n) is 11.4. The van der Waals surface area contributed by atoms with Gasteiger partial charge >= 0.3 is 11.9 Å². The van der Waals surface area contributed by atoms with Crippen molar-refractivity contribution in [3.8, 4) is 5.75 Å². The molecule has 1 aliphatic heterocycles. The molecule has 0 bridgehead atoms. The van der Waals surface area contributed by atoms with E-state index in [1.54, 1.807) is 24.3 Å². The van der Waals surface area contributed by atoms with Gasteiger partial charge in [-0.25, -0.2) is 4.79 Å². The minimum absolute atomic E-state index is 0.0911. The molecule has 0 amide bonds. The van der Waals surface area contributed by atoms with Crippen molar-refractivity contribution < 1.29 is 23.9 Å². The van der Waals surface area contributed by atoms with Crippen LogP contribution in [0.25, 0.3) is 17.0 Å². The van der Waals surface area contributed by atoms with Crippen LogP contribution in [0.3, 0.4) is 0 Å². The highest BCUT2D eigenvalue weighted by Gasteiger charge is 2.33. The summed E-state index contributed by atoms with van der Waals surface area (Å²) in [5, 5.41) is 0.635. The van der Waals surface area contributed by atoms with E-state index in [1.807, 2.05) is 0 Å². The summed E-state index contributed by atoms with van der Waals surface area (Å²) < 4.78 is 11.1. The Morgan fingerprint density at radius 3 is 2.57 bits per heavy atom. The van der Waals surface area contributed by atoms with Gasteiger partial charge in [0, 0.05) is 12.3 Å². The van der Waals surface area contributed by atoms with Crippen molar-refractivity contribution in [1.29, 1.82) is 0 Å². The molecule has 3 rings (SSSR count). The van der Waals surface area contributed by atoms with Crippen molar-refractivity contribution in [1.82, 2.24) is 4.57 Å². The molecule has 0 N–H and O–H groups in total. The van der Waals surface area contributed by atoms with Gasteiger partial charge in [0.15, 0.2) is 5.75 Å². The van der Waals surface area contributed by atoms with Crippen LogP contribution in [0.1, 0.15) is 17.4 Å². The number of fused-ring (bicyclic) bond motifs is 3. The molecule has 0 atom stereocenters. The Kier molecular flexibility index (Phi) is 2.86. The summed E-state index contributed by atoms with van der Waals surface area (Å²) in [6.07, 6.45) is 1.38. The molecular formula is C15H11NO5. The Morgan fingerprint density at radius 2 is 1.90 bits per heavy atom. The van der Waals surface area contributed by atoms with Gasteiger partial charge in [0.1, 0.15) is 5.57 Å². The van der Waals surface area contributed by atoms with Crippen molar-refractivity contribution >= 4 is 34.8 Å². The molecule has 1 aromatic heterocycles. The normalized spacial score (nSPS) is 13.0. The first-order valence-electron chi connectivity index (χ1n) is 6.21. The van der Waals surface area contributed by atoms with Gasteiger partial charge in [-0.1, -0.05) is 12.1 Å². The molecule has 106 valence electrons. The summed E-state index contributed by atoms with van der Waals surface area (Å²) in [7, 11) is 1.20. The number of methoxy groups -OCH3 is 1. The predicted molar refractivity (Wildman–Crippen MR) is 73.9 cm³/mol. The smallest absolute Gasteiger partial charge is 0.343 e. The minimum atomic E-state index is -0.721. The molecule has 1 aliphatic rings. The average Bonchev–Trinajstić information content (AvgIpc) is 2.95. The van der Waals surface area contributed by atoms with E-state index in [-0.39, 0.29) is 11.3 Å². The molecule has 0 unspecified atom stereocenters. The molecule has 1 aromatic carbocycles. The second kappa shape index (κ2) is 4.59. The summed E-state index contributed by atoms with van der Waals surface area (Å²) in [5.41, 5.74) is 0.854. The van der Waals surface area contributed by atoms with E-state index in [0.717, 1.165) is 0 Å². The van der Waals surface area contributed by atoms with Crippen LogP contribution in [-0.4, -0.2) is 29.5 Å². The van der Waals surface area contributed by atoms with Gasteiger partial charge in [-0.3, -0.25) is 14.2 Å². The molecule has 6 nitrogen and oxygen atoms in total. The molecule has 0 radical (unpaired) electrons. The standard InChI is InChI=1S/C15H11NO5/c1-8(17)21-13-9-5-3-4-6-11(9)16-12(13)7-10(14(16)18)15(19)20-2/h3-7H,1-2H3. The minimum Gasteiger partial charge on any atom is -0.465 e. The highest BCUT2D eigenvalue weighted by molar-refractivity contribution is 6.26. The average molecular weight is 285 g/mol. The molecule has 2 heterocycles. The molecule has 0 saturated heterocycles. The largest absolute Gasteiger partial charge is 0.465 e. The third-order valence-electron chi connectivity index (χ3n) is 3.23. The number of carbonyl (C=O) groups excluding carboxylic acids is 3. The van der Waals surface area contributed by atoms with Crippen molar-refractivity contribution in [2.75, 3.05) is 7.11 Å². The van der Waals surface area contributed by atoms with Crippen LogP contribution in [0.4, 0.5) is 0 Å². The van der Waals surface area contributed by atoms with Gasteiger partial charge in [0.2, 0.25) is 0 Å². The van der Waals surface area contributed by atoms with Crippen LogP contribution < -0.4 is 4.74 Å². The summed E-state index contributed by atoms with van der Waals surface area (Å²) in [6.45, 7) is 1.28. The van der Waals surface area contributed by atoms with Crippen molar-refractivity contribution in [2.24, 2.45) is 0 Å². The maximum atomic E-state index is 12.4. The fourth-order valence-electron chi connectivity index (χ4n) is 2.40. The van der Waals surface area contributed by atoms with E-state index in [9.17, 15) is 14.4 Å². The second-order valence-corrected chi connectivity index (χ2v) is 4.52. The number of benzene rings is 1. The lowest BCUT2D eigenvalue weighted by atomic mass is 10.2. The fraction of sp³-hybridized carbons (Fsp3) is 0.133. The second-order valence-electron chi connectivity index (χ2n) is 4.52. The molecule has 6 heteroatoms. The Labute approximate surface area is 119 Å². The van der Waals surface area contributed by atoms with Crippen LogP contribution in [0.5, 0.6) is 5.75 Å². The molecule has 0 aliphatic carbocycles. The van der Waals surface area contributed by atoms with Gasteiger partial charge in [0.05, 0.1) is 18.3 Å². The van der Waals surface area contributed by atoms with Crippen LogP contribution >= 0.6 is 0 Å². The molecule has 0 fully saturated rings. The first-order chi connectivity index (χ1) is 10.0. The summed E-state index contributed by atoms with van der Waals surface area (Å²) in [5.74, 6) is -1.44. The lowest BCUT2D eigenvalue weighted by Crippen LogP contribution is -2.16. The van der Waals surface area contributed by atoms with Crippen LogP contribution in [0.15, 0.2) is 29.8 Å². The summed E-state index contributed by atoms with van der Waals surface area (Å²) >= 11 is 0. The first-order valence-corrected chi connectivity index (χ1v) is 6.21. The first kappa shape index (κ1) is 13.1. The van der Waals surface area contributed by atoms with Gasteiger partial charge in [-0.2, -0.15) is 0 Å². The zero-order valence-corrected chi connectivity index (χ0v) is 11.4. The maximum Gasteiger partial charge on any atom is 0.343 e. The number of hydrogen-bond acceptors (Lipinski definition) is 5. The number of rotatable bonds is 2. The molecule has 21 heavy (non-hydrogen) atoms. The fourth-order valence-corrected chi connectivity index (χ4v) is 2.40. The number of para-hydroxylation sites is 1. The van der Waals surface area contributed by atoms with Crippen molar-refractivity contribution in [2.45, 2.75) is 6.92 Å². The van der Waals surface area contributed by atoms with E-state index in [0.29, 0.717) is 16.6 Å². The topological polar surface area (TPSA) is 74.6 Å². The van der Waals surface area contributed by atoms with Crippen molar-refractivity contribution in [3.63, 3.8) is 0 Å². The number of ether oxygens (including phenoxy) is 2. The third-order valence-corrected chi connectivity index (χ3v) is 3.23. The maximum absolute atomic E-state index is 12.4. The Hall–Kier alpha value is -2.89. The van der Waals surface area contributed by atoms with E-state index in [1.165, 1.54) is 24.7 Å². The SMILES string of the molecule is COC(=O)C1=Cc2c(OC(C)=O)c3ccccc3n2C1=O. The van der Waals surface area contributed by atoms with Gasteiger partial charge in [-0.15, -0.1) is 0 Å². The van der Waals surface area contributed by atoms with Crippen LogP contribution in [0, 0.1) is 0 Å². The number of aromatic nitrogens is 1. The van der Waals surface area contributed by atoms with E-state index < -0.39 is 17.8 Å². The summed E-state index contributed by atoms with van der Waals surface area (Å²) in [4.78, 5) is 35.3. The highest BCUT2D eigenvalue weighted by Crippen LogP contribution is 2.38. The number of hydrogen-bond donors (Lipinski definition) is 0. The number of nitrogens with zero attached hydrogens (tertiary/aromatic N) is 1. The molecule has 2 aromatic rings. The van der Waals surface area contributed by atoms with Gasteiger partial charge < -0.3 is 9.47 Å². The highest BCUT2D eigenvalue weighted by atomic mass is 16.5. The Balaban J connectivity index is 2.29. The Bertz CT molecular complexity index is 828. The zero-order chi connectivity index (χ0) is 15.1. The molecule has 0 saturated carbocycles. The van der Waals surface area contributed by atoms with Crippen LogP contribution in [-0.2, 0) is 14.3 Å². The van der Waals surface area contributed by atoms with Crippen LogP contribution in [0.2, 0.25) is 0 Å². The van der Waals surface area contributed by atoms with Gasteiger partial charge in [0.25, 0.3) is 5.91 Å². The monoisotopic (exact) mass is 285 g/mol. The molecular weight excluding hydrogens is 274 g/mol. The van der Waals surface area contributed by atoms with Gasteiger partial charge in [-0.05, 0) is 18.2 Å². The number of carbonyl (C=O) groups is 3. The lowest BCUT2D eigenvalue weighted by molar-refractivity contribution is -0.135. The van der Waals surface area contributed by atoms with E-state index in [2.05, 4.69) is 4.74 Å². The quantitative estimate of drug-likeness (QED) is 0.621. The lowest BCUT2D eigenvalue weighted by Gasteiger charge is -2.01. The predicted octanol–water partition coefficient (Wildman–Crippen LogP) is 1.78. The van der Waals surface area contributed by atoms with E-state index >= 15 is 0 Å². The Morgan fingerprint density at radius 1 is 1.19 bits per heavy atom. The summed E-state index contributed by atoms with van der Waals surface area (Å²) in [6, 6.07) is 7.01.